The van der Waals surface area contributed by atoms with Crippen molar-refractivity contribution in [2.24, 2.45) is 0 Å². The van der Waals surface area contributed by atoms with E-state index >= 15 is 0 Å². The Labute approximate surface area is 167 Å². The zero-order valence-electron chi connectivity index (χ0n) is 14.5. The molecule has 1 unspecified atom stereocenters. The number of nitrogens with zero attached hydrogens (tertiary/aromatic N) is 3. The molecule has 0 bridgehead atoms. The number of para-hydroxylation sites is 1. The molecule has 27 heavy (non-hydrogen) atoms. The van der Waals surface area contributed by atoms with Crippen LogP contribution in [0.3, 0.4) is 0 Å². The number of hydrogen-bond acceptors (Lipinski definition) is 4. The Morgan fingerprint density at radius 1 is 1.11 bits per heavy atom. The predicted molar refractivity (Wildman–Crippen MR) is 108 cm³/mol. The van der Waals surface area contributed by atoms with Crippen molar-refractivity contribution in [3.05, 3.63) is 76.0 Å². The number of nitrogens with one attached hydrogen (secondary N) is 1. The van der Waals surface area contributed by atoms with E-state index in [0.717, 1.165) is 12.1 Å². The van der Waals surface area contributed by atoms with Crippen molar-refractivity contribution in [3.63, 3.8) is 0 Å². The Morgan fingerprint density at radius 3 is 2.48 bits per heavy atom. The lowest BCUT2D eigenvalue weighted by molar-refractivity contribution is 0.0981. The monoisotopic (exact) mass is 398 g/mol. The van der Waals surface area contributed by atoms with Crippen LogP contribution in [0.2, 0.25) is 10.0 Å². The van der Waals surface area contributed by atoms with Crippen LogP contribution in [0.4, 0.5) is 17.3 Å². The number of rotatable bonds is 3. The molecule has 0 fully saturated rings. The van der Waals surface area contributed by atoms with Gasteiger partial charge in [-0.1, -0.05) is 41.4 Å². The van der Waals surface area contributed by atoms with E-state index in [9.17, 15) is 4.79 Å². The van der Waals surface area contributed by atoms with Gasteiger partial charge in [0.25, 0.3) is 5.91 Å². The zero-order valence-corrected chi connectivity index (χ0v) is 16.0. The van der Waals surface area contributed by atoms with Gasteiger partial charge < -0.3 is 10.2 Å². The SMILES string of the molecule is CC1Cc2ccccc2N1C(=O)c1cnc(Nc2cc(Cl)cc(Cl)c2)nc1. The molecule has 0 aliphatic carbocycles. The molecular formula is C20H16Cl2N4O. The lowest BCUT2D eigenvalue weighted by Crippen LogP contribution is -2.35. The van der Waals surface area contributed by atoms with Crippen LogP contribution in [0.25, 0.3) is 0 Å². The quantitative estimate of drug-likeness (QED) is 0.664. The van der Waals surface area contributed by atoms with Gasteiger partial charge in [0, 0.05) is 39.9 Å². The highest BCUT2D eigenvalue weighted by atomic mass is 35.5. The standard InChI is InChI=1S/C20H16Cl2N4O/c1-12-6-13-4-2-3-5-18(13)26(12)19(27)14-10-23-20(24-11-14)25-17-8-15(21)7-16(22)9-17/h2-5,7-12H,6H2,1H3,(H,23,24,25). The molecule has 0 radical (unpaired) electrons. The Kier molecular flexibility index (Phi) is 4.72. The summed E-state index contributed by atoms with van der Waals surface area (Å²) in [6, 6.07) is 13.1. The molecule has 1 amide bonds. The van der Waals surface area contributed by atoms with Crippen LogP contribution in [0.5, 0.6) is 0 Å². The summed E-state index contributed by atoms with van der Waals surface area (Å²) < 4.78 is 0. The molecule has 5 nitrogen and oxygen atoms in total. The van der Waals surface area contributed by atoms with Gasteiger partial charge in [-0.05, 0) is 43.2 Å². The number of hydrogen-bond donors (Lipinski definition) is 1. The number of benzene rings is 2. The minimum absolute atomic E-state index is 0.0984. The van der Waals surface area contributed by atoms with Gasteiger partial charge in [0.15, 0.2) is 0 Å². The second-order valence-corrected chi connectivity index (χ2v) is 7.31. The summed E-state index contributed by atoms with van der Waals surface area (Å²) in [5, 5.41) is 4.05. The molecule has 1 atom stereocenters. The summed E-state index contributed by atoms with van der Waals surface area (Å²) in [6.45, 7) is 2.04. The lowest BCUT2D eigenvalue weighted by atomic mass is 10.1. The molecule has 0 saturated carbocycles. The minimum atomic E-state index is -0.107. The fourth-order valence-corrected chi connectivity index (χ4v) is 3.80. The number of halogens is 2. The molecule has 1 aromatic heterocycles. The topological polar surface area (TPSA) is 58.1 Å². The highest BCUT2D eigenvalue weighted by Gasteiger charge is 2.31. The van der Waals surface area contributed by atoms with E-state index in [2.05, 4.69) is 21.4 Å². The largest absolute Gasteiger partial charge is 0.324 e. The Morgan fingerprint density at radius 2 is 1.78 bits per heavy atom. The van der Waals surface area contributed by atoms with Crippen LogP contribution < -0.4 is 10.2 Å². The van der Waals surface area contributed by atoms with Crippen molar-refractivity contribution in [2.45, 2.75) is 19.4 Å². The number of amides is 1. The summed E-state index contributed by atoms with van der Waals surface area (Å²) in [4.78, 5) is 23.3. The first kappa shape index (κ1) is 17.8. The molecule has 0 spiro atoms. The minimum Gasteiger partial charge on any atom is -0.324 e. The molecule has 136 valence electrons. The fraction of sp³-hybridized carbons (Fsp3) is 0.150. The smallest absolute Gasteiger partial charge is 0.261 e. The summed E-state index contributed by atoms with van der Waals surface area (Å²) in [7, 11) is 0. The Hall–Kier alpha value is -2.63. The summed E-state index contributed by atoms with van der Waals surface area (Å²) in [5.74, 6) is 0.254. The Balaban J connectivity index is 1.55. The zero-order chi connectivity index (χ0) is 19.0. The van der Waals surface area contributed by atoms with E-state index in [1.807, 2.05) is 25.1 Å². The first-order valence-corrected chi connectivity index (χ1v) is 9.23. The van der Waals surface area contributed by atoms with E-state index < -0.39 is 0 Å². The maximum absolute atomic E-state index is 13.0. The molecule has 7 heteroatoms. The van der Waals surface area contributed by atoms with Crippen LogP contribution in [0.15, 0.2) is 54.9 Å². The summed E-state index contributed by atoms with van der Waals surface area (Å²) in [5.41, 5.74) is 3.24. The van der Waals surface area contributed by atoms with Crippen LogP contribution in [-0.4, -0.2) is 21.9 Å². The highest BCUT2D eigenvalue weighted by Crippen LogP contribution is 2.33. The molecule has 1 aliphatic rings. The van der Waals surface area contributed by atoms with Crippen LogP contribution >= 0.6 is 23.2 Å². The normalized spacial score (nSPS) is 15.5. The number of anilines is 3. The average molecular weight is 399 g/mol. The molecule has 1 aliphatic heterocycles. The van der Waals surface area contributed by atoms with Gasteiger partial charge in [0.2, 0.25) is 5.95 Å². The van der Waals surface area contributed by atoms with Gasteiger partial charge in [-0.25, -0.2) is 9.97 Å². The first-order valence-electron chi connectivity index (χ1n) is 8.48. The molecular weight excluding hydrogens is 383 g/mol. The second kappa shape index (κ2) is 7.18. The van der Waals surface area contributed by atoms with Gasteiger partial charge in [0.1, 0.15) is 0 Å². The fourth-order valence-electron chi connectivity index (χ4n) is 3.27. The van der Waals surface area contributed by atoms with Crippen molar-refractivity contribution in [3.8, 4) is 0 Å². The van der Waals surface area contributed by atoms with Crippen molar-refractivity contribution >= 4 is 46.4 Å². The van der Waals surface area contributed by atoms with E-state index in [1.165, 1.54) is 18.0 Å². The van der Waals surface area contributed by atoms with Crippen LogP contribution in [0, 0.1) is 0 Å². The number of aromatic nitrogens is 2. The highest BCUT2D eigenvalue weighted by molar-refractivity contribution is 6.35. The van der Waals surface area contributed by atoms with Crippen molar-refractivity contribution in [1.82, 2.24) is 9.97 Å². The van der Waals surface area contributed by atoms with Crippen LogP contribution in [0.1, 0.15) is 22.8 Å². The number of carbonyl (C=O) groups is 1. The summed E-state index contributed by atoms with van der Waals surface area (Å²) in [6.07, 6.45) is 3.90. The van der Waals surface area contributed by atoms with Gasteiger partial charge >= 0.3 is 0 Å². The van der Waals surface area contributed by atoms with Crippen molar-refractivity contribution < 1.29 is 4.79 Å². The van der Waals surface area contributed by atoms with E-state index in [-0.39, 0.29) is 11.9 Å². The van der Waals surface area contributed by atoms with E-state index in [0.29, 0.717) is 27.2 Å². The van der Waals surface area contributed by atoms with Gasteiger partial charge in [0.05, 0.1) is 5.56 Å². The molecule has 2 heterocycles. The maximum atomic E-state index is 13.0. The second-order valence-electron chi connectivity index (χ2n) is 6.44. The molecule has 0 saturated heterocycles. The van der Waals surface area contributed by atoms with Crippen molar-refractivity contribution in [2.75, 3.05) is 10.2 Å². The molecule has 4 rings (SSSR count). The average Bonchev–Trinajstić information content (AvgIpc) is 2.96. The van der Waals surface area contributed by atoms with Gasteiger partial charge in [-0.2, -0.15) is 0 Å². The van der Waals surface area contributed by atoms with Gasteiger partial charge in [-0.15, -0.1) is 0 Å². The predicted octanol–water partition coefficient (Wildman–Crippen LogP) is 5.12. The van der Waals surface area contributed by atoms with Crippen molar-refractivity contribution in [1.29, 1.82) is 0 Å². The Bertz CT molecular complexity index is 987. The van der Waals surface area contributed by atoms with Gasteiger partial charge in [-0.3, -0.25) is 4.79 Å². The maximum Gasteiger partial charge on any atom is 0.261 e. The molecule has 3 aromatic rings. The third kappa shape index (κ3) is 3.61. The van der Waals surface area contributed by atoms with E-state index in [1.54, 1.807) is 23.1 Å². The lowest BCUT2D eigenvalue weighted by Gasteiger charge is -2.22. The van der Waals surface area contributed by atoms with E-state index in [4.69, 9.17) is 23.2 Å². The third-order valence-corrected chi connectivity index (χ3v) is 4.88. The number of fused-ring (bicyclic) bond motifs is 1. The molecule has 2 aromatic carbocycles. The number of carbonyl (C=O) groups excluding carboxylic acids is 1. The van der Waals surface area contributed by atoms with Crippen LogP contribution in [-0.2, 0) is 6.42 Å². The first-order chi connectivity index (χ1) is 13.0. The third-order valence-electron chi connectivity index (χ3n) is 4.44. The molecule has 1 N–H and O–H groups in total. The summed E-state index contributed by atoms with van der Waals surface area (Å²) >= 11 is 12.0.